The lowest BCUT2D eigenvalue weighted by molar-refractivity contribution is 0.456. The lowest BCUT2D eigenvalue weighted by Crippen LogP contribution is -2.00. The van der Waals surface area contributed by atoms with Gasteiger partial charge < -0.3 is 5.11 Å². The molecular formula is C13H16O2. The highest BCUT2D eigenvalue weighted by Gasteiger charge is 2.24. The van der Waals surface area contributed by atoms with E-state index in [1.165, 1.54) is 12.5 Å². The highest BCUT2D eigenvalue weighted by Crippen LogP contribution is 2.39. The summed E-state index contributed by atoms with van der Waals surface area (Å²) in [6, 6.07) is 6.81. The van der Waals surface area contributed by atoms with Crippen molar-refractivity contribution in [1.82, 2.24) is 0 Å². The van der Waals surface area contributed by atoms with Crippen molar-refractivity contribution in [2.45, 2.75) is 32.1 Å². The summed E-state index contributed by atoms with van der Waals surface area (Å²) < 4.78 is 0. The molecule has 80 valence electrons. The zero-order chi connectivity index (χ0) is 10.8. The van der Waals surface area contributed by atoms with Crippen LogP contribution in [0.25, 0.3) is 0 Å². The second kappa shape index (κ2) is 4.05. The van der Waals surface area contributed by atoms with E-state index in [-0.39, 0.29) is 11.2 Å². The standard InChI is InChI=1S/C13H16O2/c1-9-6-7-10(8-9)11-4-2-3-5-12(14)13(11)15/h2-5,9-10H,6-8H2,1H3,(H,14,15). The first kappa shape index (κ1) is 10.2. The van der Waals surface area contributed by atoms with Crippen molar-refractivity contribution < 1.29 is 5.11 Å². The highest BCUT2D eigenvalue weighted by molar-refractivity contribution is 5.34. The van der Waals surface area contributed by atoms with Gasteiger partial charge in [0, 0.05) is 5.56 Å². The van der Waals surface area contributed by atoms with E-state index in [4.69, 9.17) is 0 Å². The number of rotatable bonds is 1. The van der Waals surface area contributed by atoms with Gasteiger partial charge >= 0.3 is 0 Å². The molecule has 1 aromatic carbocycles. The predicted molar refractivity (Wildman–Crippen MR) is 60.1 cm³/mol. The monoisotopic (exact) mass is 204 g/mol. The van der Waals surface area contributed by atoms with Crippen molar-refractivity contribution in [3.63, 3.8) is 0 Å². The molecule has 2 nitrogen and oxygen atoms in total. The largest absolute Gasteiger partial charge is 0.504 e. The highest BCUT2D eigenvalue weighted by atomic mass is 16.3. The van der Waals surface area contributed by atoms with Gasteiger partial charge in [-0.05, 0) is 30.7 Å². The Hall–Kier alpha value is -1.31. The lowest BCUT2D eigenvalue weighted by Gasteiger charge is -2.09. The van der Waals surface area contributed by atoms with E-state index >= 15 is 0 Å². The second-order valence-corrected chi connectivity index (χ2v) is 4.50. The van der Waals surface area contributed by atoms with Crippen LogP contribution >= 0.6 is 0 Å². The van der Waals surface area contributed by atoms with E-state index in [0.717, 1.165) is 18.4 Å². The van der Waals surface area contributed by atoms with Gasteiger partial charge in [-0.25, -0.2) is 0 Å². The van der Waals surface area contributed by atoms with Gasteiger partial charge in [-0.2, -0.15) is 0 Å². The Morgan fingerprint density at radius 1 is 1.27 bits per heavy atom. The minimum atomic E-state index is -0.269. The van der Waals surface area contributed by atoms with Crippen molar-refractivity contribution in [3.8, 4) is 5.75 Å². The van der Waals surface area contributed by atoms with Crippen molar-refractivity contribution in [1.29, 1.82) is 0 Å². The van der Waals surface area contributed by atoms with Crippen molar-refractivity contribution in [2.75, 3.05) is 0 Å². The second-order valence-electron chi connectivity index (χ2n) is 4.50. The lowest BCUT2D eigenvalue weighted by atomic mass is 9.97. The summed E-state index contributed by atoms with van der Waals surface area (Å²) in [5.41, 5.74) is 0.559. The Labute approximate surface area is 89.6 Å². The summed E-state index contributed by atoms with van der Waals surface area (Å²) >= 11 is 0. The SMILES string of the molecule is CC1CCC(c2ccccc(=O)c2O)C1. The van der Waals surface area contributed by atoms with Crippen LogP contribution < -0.4 is 5.43 Å². The number of aromatic hydroxyl groups is 1. The number of hydrogen-bond acceptors (Lipinski definition) is 2. The third-order valence-corrected chi connectivity index (χ3v) is 3.28. The third-order valence-electron chi connectivity index (χ3n) is 3.28. The molecule has 2 atom stereocenters. The van der Waals surface area contributed by atoms with Gasteiger partial charge in [0.25, 0.3) is 0 Å². The third kappa shape index (κ3) is 2.04. The zero-order valence-electron chi connectivity index (χ0n) is 8.94. The Balaban J connectivity index is 2.41. The average Bonchev–Trinajstić information content (AvgIpc) is 2.56. The van der Waals surface area contributed by atoms with Gasteiger partial charge in [-0.3, -0.25) is 4.79 Å². The molecule has 1 N–H and O–H groups in total. The molecule has 1 aromatic rings. The molecule has 1 aliphatic carbocycles. The van der Waals surface area contributed by atoms with Gasteiger partial charge in [-0.15, -0.1) is 0 Å². The molecule has 2 unspecified atom stereocenters. The van der Waals surface area contributed by atoms with Crippen LogP contribution in [-0.2, 0) is 0 Å². The minimum Gasteiger partial charge on any atom is -0.504 e. The summed E-state index contributed by atoms with van der Waals surface area (Å²) in [5, 5.41) is 9.79. The molecule has 0 aliphatic heterocycles. The van der Waals surface area contributed by atoms with Crippen LogP contribution in [-0.4, -0.2) is 5.11 Å². The molecule has 0 saturated heterocycles. The summed E-state index contributed by atoms with van der Waals surface area (Å²) in [6.45, 7) is 2.22. The molecule has 1 saturated carbocycles. The van der Waals surface area contributed by atoms with Gasteiger partial charge in [0.1, 0.15) is 0 Å². The first-order valence-corrected chi connectivity index (χ1v) is 5.50. The summed E-state index contributed by atoms with van der Waals surface area (Å²) in [6.07, 6.45) is 3.35. The first-order chi connectivity index (χ1) is 7.18. The smallest absolute Gasteiger partial charge is 0.220 e. The normalized spacial score (nSPS) is 25.4. The average molecular weight is 204 g/mol. The molecule has 2 heteroatoms. The topological polar surface area (TPSA) is 37.3 Å². The summed E-state index contributed by atoms with van der Waals surface area (Å²) in [7, 11) is 0. The van der Waals surface area contributed by atoms with E-state index in [0.29, 0.717) is 11.8 Å². The molecule has 0 amide bonds. The first-order valence-electron chi connectivity index (χ1n) is 5.50. The van der Waals surface area contributed by atoms with Crippen molar-refractivity contribution >= 4 is 0 Å². The minimum absolute atomic E-state index is 0.0564. The fourth-order valence-electron chi connectivity index (χ4n) is 2.42. The van der Waals surface area contributed by atoms with Crippen molar-refractivity contribution in [2.24, 2.45) is 5.92 Å². The van der Waals surface area contributed by atoms with Crippen LogP contribution in [0.5, 0.6) is 5.75 Å². The predicted octanol–water partition coefficient (Wildman–Crippen LogP) is 2.66. The van der Waals surface area contributed by atoms with Gasteiger partial charge in [0.05, 0.1) is 0 Å². The van der Waals surface area contributed by atoms with E-state index in [9.17, 15) is 9.90 Å². The van der Waals surface area contributed by atoms with Crippen LogP contribution in [0.4, 0.5) is 0 Å². The van der Waals surface area contributed by atoms with Gasteiger partial charge in [0.15, 0.2) is 5.75 Å². The maximum absolute atomic E-state index is 11.4. The molecule has 0 heterocycles. The molecule has 15 heavy (non-hydrogen) atoms. The molecule has 1 aliphatic rings. The Morgan fingerprint density at radius 3 is 2.67 bits per heavy atom. The molecule has 2 rings (SSSR count). The fraction of sp³-hybridized carbons (Fsp3) is 0.462. The summed E-state index contributed by atoms with van der Waals surface area (Å²) in [5.74, 6) is 1.01. The molecular weight excluding hydrogens is 188 g/mol. The Kier molecular flexibility index (Phi) is 2.76. The van der Waals surface area contributed by atoms with E-state index in [1.54, 1.807) is 6.07 Å². The van der Waals surface area contributed by atoms with E-state index < -0.39 is 0 Å². The van der Waals surface area contributed by atoms with Crippen LogP contribution in [0, 0.1) is 5.92 Å². The van der Waals surface area contributed by atoms with Crippen LogP contribution in [0.15, 0.2) is 29.1 Å². The maximum Gasteiger partial charge on any atom is 0.220 e. The molecule has 0 radical (unpaired) electrons. The van der Waals surface area contributed by atoms with Gasteiger partial charge in [0.2, 0.25) is 5.43 Å². The van der Waals surface area contributed by atoms with Crippen LogP contribution in [0.3, 0.4) is 0 Å². The quantitative estimate of drug-likeness (QED) is 0.763. The fourth-order valence-corrected chi connectivity index (χ4v) is 2.42. The Morgan fingerprint density at radius 2 is 2.00 bits per heavy atom. The molecule has 0 bridgehead atoms. The molecule has 1 fully saturated rings. The Bertz CT molecular complexity index is 412. The zero-order valence-corrected chi connectivity index (χ0v) is 8.94. The molecule has 0 spiro atoms. The van der Waals surface area contributed by atoms with Gasteiger partial charge in [-0.1, -0.05) is 31.5 Å². The molecule has 0 aromatic heterocycles. The van der Waals surface area contributed by atoms with E-state index in [2.05, 4.69) is 6.92 Å². The van der Waals surface area contributed by atoms with E-state index in [1.807, 2.05) is 12.1 Å². The summed E-state index contributed by atoms with van der Waals surface area (Å²) in [4.78, 5) is 11.4. The van der Waals surface area contributed by atoms with Crippen molar-refractivity contribution in [3.05, 3.63) is 40.1 Å². The van der Waals surface area contributed by atoms with Crippen LogP contribution in [0.1, 0.15) is 37.7 Å². The number of hydrogen-bond donors (Lipinski definition) is 1. The maximum atomic E-state index is 11.4. The van der Waals surface area contributed by atoms with Crippen LogP contribution in [0.2, 0.25) is 0 Å².